The van der Waals surface area contributed by atoms with Crippen LogP contribution in [0.4, 0.5) is 5.82 Å². The lowest BCUT2D eigenvalue weighted by molar-refractivity contribution is 0.0954. The number of thioether (sulfide) groups is 1. The van der Waals surface area contributed by atoms with E-state index in [4.69, 9.17) is 21.1 Å². The summed E-state index contributed by atoms with van der Waals surface area (Å²) in [5.41, 5.74) is 2.67. The van der Waals surface area contributed by atoms with Crippen LogP contribution in [0.15, 0.2) is 53.7 Å². The maximum absolute atomic E-state index is 12.6. The number of carbonyl (C=O) groups is 1. The third-order valence-corrected chi connectivity index (χ3v) is 5.94. The number of ether oxygens (including phenoxy) is 2. The Morgan fingerprint density at radius 2 is 1.82 bits per heavy atom. The van der Waals surface area contributed by atoms with Crippen molar-refractivity contribution < 1.29 is 14.3 Å². The van der Waals surface area contributed by atoms with Crippen LogP contribution in [0.1, 0.15) is 21.5 Å². The van der Waals surface area contributed by atoms with Gasteiger partial charge in [-0.2, -0.15) is 0 Å². The van der Waals surface area contributed by atoms with Crippen LogP contribution in [-0.4, -0.2) is 50.7 Å². The van der Waals surface area contributed by atoms with Crippen molar-refractivity contribution in [3.63, 3.8) is 0 Å². The van der Waals surface area contributed by atoms with E-state index in [9.17, 15) is 4.79 Å². The molecule has 0 aliphatic rings. The van der Waals surface area contributed by atoms with E-state index in [-0.39, 0.29) is 5.91 Å². The van der Waals surface area contributed by atoms with E-state index in [1.807, 2.05) is 55.4 Å². The molecule has 2 aromatic carbocycles. The predicted molar refractivity (Wildman–Crippen MR) is 133 cm³/mol. The minimum atomic E-state index is -0.115. The molecule has 1 heterocycles. The molecule has 0 atom stereocenters. The van der Waals surface area contributed by atoms with Crippen molar-refractivity contribution in [1.29, 1.82) is 0 Å². The average molecular weight is 487 g/mol. The van der Waals surface area contributed by atoms with Crippen LogP contribution < -0.4 is 19.7 Å². The first-order valence-electron chi connectivity index (χ1n) is 10.3. The Labute approximate surface area is 203 Å². The first kappa shape index (κ1) is 24.7. The second-order valence-corrected chi connectivity index (χ2v) is 8.74. The number of hydrogen-bond acceptors (Lipinski definition) is 7. The van der Waals surface area contributed by atoms with Gasteiger partial charge in [-0.3, -0.25) is 4.79 Å². The van der Waals surface area contributed by atoms with Crippen LogP contribution in [0.2, 0.25) is 5.15 Å². The molecule has 3 aromatic rings. The number of benzene rings is 2. The van der Waals surface area contributed by atoms with Gasteiger partial charge in [0, 0.05) is 38.0 Å². The van der Waals surface area contributed by atoms with E-state index in [1.165, 1.54) is 11.8 Å². The number of halogens is 1. The van der Waals surface area contributed by atoms with Crippen LogP contribution in [0, 0.1) is 0 Å². The highest BCUT2D eigenvalue weighted by Crippen LogP contribution is 2.27. The number of nitrogens with one attached hydrogen (secondary N) is 1. The minimum absolute atomic E-state index is 0.115. The molecule has 0 spiro atoms. The third kappa shape index (κ3) is 7.00. The van der Waals surface area contributed by atoms with E-state index < -0.39 is 0 Å². The number of amides is 1. The van der Waals surface area contributed by atoms with Gasteiger partial charge < -0.3 is 19.7 Å². The maximum Gasteiger partial charge on any atom is 0.251 e. The van der Waals surface area contributed by atoms with Crippen molar-refractivity contribution in [1.82, 2.24) is 15.3 Å². The molecule has 0 saturated heterocycles. The van der Waals surface area contributed by atoms with Gasteiger partial charge in [-0.25, -0.2) is 9.97 Å². The largest absolute Gasteiger partial charge is 0.493 e. The minimum Gasteiger partial charge on any atom is -0.493 e. The van der Waals surface area contributed by atoms with Crippen molar-refractivity contribution in [3.05, 3.63) is 70.4 Å². The first-order chi connectivity index (χ1) is 15.9. The summed E-state index contributed by atoms with van der Waals surface area (Å²) in [6.07, 6.45) is 0.682. The van der Waals surface area contributed by atoms with Crippen molar-refractivity contribution in [3.8, 4) is 11.5 Å². The van der Waals surface area contributed by atoms with Crippen LogP contribution in [0.5, 0.6) is 11.5 Å². The molecular weight excluding hydrogens is 460 g/mol. The van der Waals surface area contributed by atoms with Gasteiger partial charge in [0.2, 0.25) is 0 Å². The summed E-state index contributed by atoms with van der Waals surface area (Å²) in [5, 5.41) is 3.97. The van der Waals surface area contributed by atoms with Gasteiger partial charge >= 0.3 is 0 Å². The lowest BCUT2D eigenvalue weighted by atomic mass is 10.1. The summed E-state index contributed by atoms with van der Waals surface area (Å²) in [6, 6.07) is 15.0. The van der Waals surface area contributed by atoms with Gasteiger partial charge in [-0.05, 0) is 41.8 Å². The molecule has 0 aliphatic heterocycles. The van der Waals surface area contributed by atoms with E-state index in [2.05, 4.69) is 15.3 Å². The highest BCUT2D eigenvalue weighted by atomic mass is 35.5. The molecule has 0 fully saturated rings. The van der Waals surface area contributed by atoms with E-state index >= 15 is 0 Å². The van der Waals surface area contributed by atoms with Crippen molar-refractivity contribution in [2.45, 2.75) is 17.3 Å². The van der Waals surface area contributed by atoms with E-state index in [0.29, 0.717) is 46.1 Å². The molecule has 7 nitrogen and oxygen atoms in total. The highest BCUT2D eigenvalue weighted by molar-refractivity contribution is 7.98. The SMILES string of the molecule is COc1ccc(CCNC(=O)c2cccc(CSc3nc(Cl)cc(N(C)C)n3)c2)cc1OC. The summed E-state index contributed by atoms with van der Waals surface area (Å²) in [4.78, 5) is 23.3. The Morgan fingerprint density at radius 3 is 2.55 bits per heavy atom. The highest BCUT2D eigenvalue weighted by Gasteiger charge is 2.10. The van der Waals surface area contributed by atoms with Crippen molar-refractivity contribution in [2.24, 2.45) is 0 Å². The standard InChI is InChI=1S/C24H27ClN4O3S/c1-29(2)22-14-21(25)27-24(28-22)33-15-17-6-5-7-18(12-17)23(30)26-11-10-16-8-9-19(31-3)20(13-16)32-4/h5-9,12-14H,10-11,15H2,1-4H3,(H,26,30). The fourth-order valence-corrected chi connectivity index (χ4v) is 4.11. The summed E-state index contributed by atoms with van der Waals surface area (Å²) in [6.45, 7) is 0.511. The molecule has 3 rings (SSSR count). The average Bonchev–Trinajstić information content (AvgIpc) is 2.82. The molecule has 0 saturated carbocycles. The molecule has 33 heavy (non-hydrogen) atoms. The summed E-state index contributed by atoms with van der Waals surface area (Å²) in [5.74, 6) is 2.62. The van der Waals surface area contributed by atoms with Crippen LogP contribution >= 0.6 is 23.4 Å². The first-order valence-corrected chi connectivity index (χ1v) is 11.7. The van der Waals surface area contributed by atoms with Crippen LogP contribution in [-0.2, 0) is 12.2 Å². The van der Waals surface area contributed by atoms with Gasteiger partial charge in [0.15, 0.2) is 16.7 Å². The quantitative estimate of drug-likeness (QED) is 0.257. The Morgan fingerprint density at radius 1 is 1.03 bits per heavy atom. The molecule has 0 bridgehead atoms. The molecule has 174 valence electrons. The van der Waals surface area contributed by atoms with E-state index in [0.717, 1.165) is 16.9 Å². The molecule has 1 amide bonds. The summed E-state index contributed by atoms with van der Waals surface area (Å²) < 4.78 is 10.6. The topological polar surface area (TPSA) is 76.6 Å². The number of anilines is 1. The van der Waals surface area contributed by atoms with Crippen LogP contribution in [0.3, 0.4) is 0 Å². The normalized spacial score (nSPS) is 10.6. The third-order valence-electron chi connectivity index (χ3n) is 4.82. The van der Waals surface area contributed by atoms with Crippen LogP contribution in [0.25, 0.3) is 0 Å². The number of carbonyl (C=O) groups excluding carboxylic acids is 1. The Kier molecular flexibility index (Phi) is 8.79. The van der Waals surface area contributed by atoms with Gasteiger partial charge in [0.1, 0.15) is 11.0 Å². The number of nitrogens with zero attached hydrogens (tertiary/aromatic N) is 3. The molecule has 1 N–H and O–H groups in total. The lowest BCUT2D eigenvalue weighted by Crippen LogP contribution is -2.25. The molecule has 0 radical (unpaired) electrons. The fourth-order valence-electron chi connectivity index (χ4n) is 3.09. The maximum atomic E-state index is 12.6. The zero-order chi connectivity index (χ0) is 23.8. The van der Waals surface area contributed by atoms with Gasteiger partial charge in [0.05, 0.1) is 14.2 Å². The second kappa shape index (κ2) is 11.8. The van der Waals surface area contributed by atoms with Gasteiger partial charge in [0.25, 0.3) is 5.91 Å². The molecule has 1 aromatic heterocycles. The zero-order valence-corrected chi connectivity index (χ0v) is 20.7. The van der Waals surface area contributed by atoms with E-state index in [1.54, 1.807) is 26.4 Å². The van der Waals surface area contributed by atoms with Gasteiger partial charge in [-0.15, -0.1) is 0 Å². The summed E-state index contributed by atoms with van der Waals surface area (Å²) >= 11 is 7.58. The number of aromatic nitrogens is 2. The fraction of sp³-hybridized carbons (Fsp3) is 0.292. The van der Waals surface area contributed by atoms with Crippen molar-refractivity contribution >= 4 is 35.1 Å². The Hall–Kier alpha value is -2.97. The zero-order valence-electron chi connectivity index (χ0n) is 19.1. The van der Waals surface area contributed by atoms with Gasteiger partial charge in [-0.1, -0.05) is 41.6 Å². The monoisotopic (exact) mass is 486 g/mol. The number of rotatable bonds is 10. The second-order valence-electron chi connectivity index (χ2n) is 7.41. The number of hydrogen-bond donors (Lipinski definition) is 1. The Balaban J connectivity index is 1.56. The number of methoxy groups -OCH3 is 2. The smallest absolute Gasteiger partial charge is 0.251 e. The molecule has 0 aliphatic carbocycles. The molecule has 0 unspecified atom stereocenters. The summed E-state index contributed by atoms with van der Waals surface area (Å²) in [7, 11) is 7.02. The lowest BCUT2D eigenvalue weighted by Gasteiger charge is -2.12. The predicted octanol–water partition coefficient (Wildman–Crippen LogP) is 4.48. The molecular formula is C24H27ClN4O3S. The van der Waals surface area contributed by atoms with Crippen molar-refractivity contribution in [2.75, 3.05) is 39.8 Å². The Bertz CT molecular complexity index is 1110. The molecule has 9 heteroatoms.